The number of aryl methyl sites for hydroxylation is 1. The molecule has 1 aliphatic heterocycles. The molecule has 1 unspecified atom stereocenters. The van der Waals surface area contributed by atoms with E-state index in [1.807, 2.05) is 23.1 Å². The molecule has 4 rings (SSSR count). The number of rotatable bonds is 7. The van der Waals surface area contributed by atoms with Crippen LogP contribution in [0, 0.1) is 6.92 Å². The van der Waals surface area contributed by atoms with Crippen LogP contribution >= 0.6 is 0 Å². The highest BCUT2D eigenvalue weighted by molar-refractivity contribution is 5.91. The molecule has 1 atom stereocenters. The molecule has 1 saturated heterocycles. The van der Waals surface area contributed by atoms with Crippen LogP contribution in [0.5, 0.6) is 0 Å². The van der Waals surface area contributed by atoms with Crippen molar-refractivity contribution in [3.63, 3.8) is 0 Å². The summed E-state index contributed by atoms with van der Waals surface area (Å²) in [5, 5.41) is 0. The Kier molecular flexibility index (Phi) is 6.52. The number of ether oxygens (including phenoxy) is 1. The lowest BCUT2D eigenvalue weighted by atomic mass is 9.66. The Morgan fingerprint density at radius 3 is 2.44 bits per heavy atom. The smallest absolute Gasteiger partial charge is 0.289 e. The fourth-order valence-corrected chi connectivity index (χ4v) is 5.18. The maximum absolute atomic E-state index is 13.3. The highest BCUT2D eigenvalue weighted by Gasteiger charge is 2.43. The van der Waals surface area contributed by atoms with Gasteiger partial charge in [0.25, 0.3) is 5.91 Å². The standard InChI is InChI=1S/C28H33NO3/c1-22-10-7-8-13-24(22)28(16-19-32-27(2,3)21-28)15-17-29(20-23-11-5-4-6-12-23)26(30)25-14-9-18-31-25/h4-14,18H,15-17,19-21H2,1-3H3. The van der Waals surface area contributed by atoms with Crippen LogP contribution in [0.15, 0.2) is 77.4 Å². The summed E-state index contributed by atoms with van der Waals surface area (Å²) in [5.74, 6) is 0.322. The van der Waals surface area contributed by atoms with Gasteiger partial charge in [0.1, 0.15) is 0 Å². The Morgan fingerprint density at radius 2 is 1.75 bits per heavy atom. The number of hydrogen-bond donors (Lipinski definition) is 0. The fraction of sp³-hybridized carbons (Fsp3) is 0.393. The minimum Gasteiger partial charge on any atom is -0.459 e. The zero-order valence-corrected chi connectivity index (χ0v) is 19.3. The lowest BCUT2D eigenvalue weighted by Gasteiger charge is -2.46. The van der Waals surface area contributed by atoms with Gasteiger partial charge in [0.05, 0.1) is 11.9 Å². The summed E-state index contributed by atoms with van der Waals surface area (Å²) in [4.78, 5) is 15.3. The van der Waals surface area contributed by atoms with Gasteiger partial charge in [-0.2, -0.15) is 0 Å². The van der Waals surface area contributed by atoms with Crippen molar-refractivity contribution in [2.24, 2.45) is 0 Å². The molecule has 0 bridgehead atoms. The number of nitrogens with zero attached hydrogens (tertiary/aromatic N) is 1. The summed E-state index contributed by atoms with van der Waals surface area (Å²) < 4.78 is 11.6. The average molecular weight is 432 g/mol. The molecule has 0 radical (unpaired) electrons. The van der Waals surface area contributed by atoms with E-state index in [9.17, 15) is 4.79 Å². The second kappa shape index (κ2) is 9.33. The van der Waals surface area contributed by atoms with Gasteiger partial charge in [-0.15, -0.1) is 0 Å². The molecule has 3 aromatic rings. The van der Waals surface area contributed by atoms with Gasteiger partial charge in [0, 0.05) is 25.1 Å². The van der Waals surface area contributed by atoms with Crippen LogP contribution < -0.4 is 0 Å². The second-order valence-corrected chi connectivity index (χ2v) is 9.57. The van der Waals surface area contributed by atoms with Gasteiger partial charge in [0.2, 0.25) is 0 Å². The largest absolute Gasteiger partial charge is 0.459 e. The number of amides is 1. The molecule has 0 saturated carbocycles. The van der Waals surface area contributed by atoms with E-state index in [1.54, 1.807) is 18.4 Å². The third-order valence-electron chi connectivity index (χ3n) is 6.65. The van der Waals surface area contributed by atoms with Crippen LogP contribution in [0.3, 0.4) is 0 Å². The van der Waals surface area contributed by atoms with Crippen LogP contribution in [0.4, 0.5) is 0 Å². The summed E-state index contributed by atoms with van der Waals surface area (Å²) in [5.41, 5.74) is 3.56. The normalized spacial score (nSPS) is 20.1. The number of hydrogen-bond acceptors (Lipinski definition) is 3. The van der Waals surface area contributed by atoms with Gasteiger partial charge in [-0.1, -0.05) is 54.6 Å². The van der Waals surface area contributed by atoms with Crippen LogP contribution in [0.25, 0.3) is 0 Å². The Balaban J connectivity index is 1.64. The van der Waals surface area contributed by atoms with E-state index < -0.39 is 0 Å². The third kappa shape index (κ3) is 4.97. The summed E-state index contributed by atoms with van der Waals surface area (Å²) in [6, 6.07) is 22.3. The monoisotopic (exact) mass is 431 g/mol. The Hall–Kier alpha value is -2.85. The van der Waals surface area contributed by atoms with Crippen molar-refractivity contribution in [1.29, 1.82) is 0 Å². The first kappa shape index (κ1) is 22.3. The molecule has 1 fully saturated rings. The van der Waals surface area contributed by atoms with Crippen LogP contribution in [-0.4, -0.2) is 29.6 Å². The average Bonchev–Trinajstić information content (AvgIpc) is 3.31. The summed E-state index contributed by atoms with van der Waals surface area (Å²) in [6.07, 6.45) is 4.32. The SMILES string of the molecule is Cc1ccccc1C1(CCN(Cc2ccccc2)C(=O)c2ccco2)CCOC(C)(C)C1. The maximum atomic E-state index is 13.3. The minimum absolute atomic E-state index is 0.0362. The summed E-state index contributed by atoms with van der Waals surface area (Å²) >= 11 is 0. The van der Waals surface area contributed by atoms with Gasteiger partial charge in [-0.25, -0.2) is 0 Å². The van der Waals surface area contributed by atoms with Gasteiger partial charge < -0.3 is 14.1 Å². The van der Waals surface area contributed by atoms with E-state index >= 15 is 0 Å². The van der Waals surface area contributed by atoms with Crippen molar-refractivity contribution in [1.82, 2.24) is 4.90 Å². The fourth-order valence-electron chi connectivity index (χ4n) is 5.18. The van der Waals surface area contributed by atoms with E-state index in [0.717, 1.165) is 31.4 Å². The van der Waals surface area contributed by atoms with E-state index in [1.165, 1.54) is 11.1 Å². The van der Waals surface area contributed by atoms with Crippen molar-refractivity contribution in [2.75, 3.05) is 13.2 Å². The molecular formula is C28H33NO3. The van der Waals surface area contributed by atoms with Gasteiger partial charge in [-0.3, -0.25) is 4.79 Å². The van der Waals surface area contributed by atoms with E-state index in [-0.39, 0.29) is 16.9 Å². The first-order valence-electron chi connectivity index (χ1n) is 11.5. The number of carbonyl (C=O) groups is 1. The van der Waals surface area contributed by atoms with Crippen molar-refractivity contribution >= 4 is 5.91 Å². The number of furan rings is 1. The second-order valence-electron chi connectivity index (χ2n) is 9.57. The van der Waals surface area contributed by atoms with E-state index in [4.69, 9.17) is 9.15 Å². The molecular weight excluding hydrogens is 398 g/mol. The molecule has 0 aliphatic carbocycles. The van der Waals surface area contributed by atoms with Crippen LogP contribution in [0.1, 0.15) is 60.4 Å². The first-order chi connectivity index (χ1) is 15.4. The summed E-state index contributed by atoms with van der Waals surface area (Å²) in [7, 11) is 0. The van der Waals surface area contributed by atoms with Crippen molar-refractivity contribution < 1.29 is 13.9 Å². The Morgan fingerprint density at radius 1 is 1.00 bits per heavy atom. The maximum Gasteiger partial charge on any atom is 0.289 e. The molecule has 0 spiro atoms. The molecule has 0 N–H and O–H groups in total. The zero-order chi connectivity index (χ0) is 22.6. The molecule has 2 aromatic carbocycles. The topological polar surface area (TPSA) is 42.7 Å². The molecule has 32 heavy (non-hydrogen) atoms. The molecule has 1 aliphatic rings. The summed E-state index contributed by atoms with van der Waals surface area (Å²) in [6.45, 7) is 8.48. The number of benzene rings is 2. The lowest BCUT2D eigenvalue weighted by molar-refractivity contribution is -0.0851. The molecule has 1 aromatic heterocycles. The molecule has 168 valence electrons. The Bertz CT molecular complexity index is 1030. The van der Waals surface area contributed by atoms with E-state index in [0.29, 0.717) is 18.8 Å². The highest BCUT2D eigenvalue weighted by Crippen LogP contribution is 2.45. The van der Waals surface area contributed by atoms with Crippen molar-refractivity contribution in [3.05, 3.63) is 95.4 Å². The predicted molar refractivity (Wildman–Crippen MR) is 127 cm³/mol. The Labute approximate surface area is 191 Å². The molecule has 1 amide bonds. The minimum atomic E-state index is -0.199. The third-order valence-corrected chi connectivity index (χ3v) is 6.65. The quantitative estimate of drug-likeness (QED) is 0.451. The van der Waals surface area contributed by atoms with E-state index in [2.05, 4.69) is 57.2 Å². The van der Waals surface area contributed by atoms with Crippen LogP contribution in [0.2, 0.25) is 0 Å². The zero-order valence-electron chi connectivity index (χ0n) is 19.3. The predicted octanol–water partition coefficient (Wildman–Crippen LogP) is 6.15. The first-order valence-corrected chi connectivity index (χ1v) is 11.5. The van der Waals surface area contributed by atoms with Crippen molar-refractivity contribution in [2.45, 2.75) is 57.6 Å². The van der Waals surface area contributed by atoms with Gasteiger partial charge in [-0.05, 0) is 68.9 Å². The number of carbonyl (C=O) groups excluding carboxylic acids is 1. The highest BCUT2D eigenvalue weighted by atomic mass is 16.5. The molecule has 2 heterocycles. The van der Waals surface area contributed by atoms with Crippen LogP contribution in [-0.2, 0) is 16.7 Å². The molecule has 4 nitrogen and oxygen atoms in total. The van der Waals surface area contributed by atoms with Crippen molar-refractivity contribution in [3.8, 4) is 0 Å². The lowest BCUT2D eigenvalue weighted by Crippen LogP contribution is -2.46. The van der Waals surface area contributed by atoms with Gasteiger partial charge in [0.15, 0.2) is 5.76 Å². The van der Waals surface area contributed by atoms with Gasteiger partial charge >= 0.3 is 0 Å². The molecule has 4 heteroatoms.